The number of hydrogen-bond acceptors (Lipinski definition) is 5. The Labute approximate surface area is 117 Å². The zero-order valence-corrected chi connectivity index (χ0v) is 11.6. The molecule has 1 aromatic carbocycles. The van der Waals surface area contributed by atoms with Crippen LogP contribution in [0.4, 0.5) is 5.69 Å². The molecule has 0 aromatic heterocycles. The molecule has 1 amide bonds. The number of nitrogens with one attached hydrogen (secondary N) is 1. The average Bonchev–Trinajstić information content (AvgIpc) is 2.38. The molecule has 0 aliphatic rings. The number of nitrogens with two attached hydrogens (primary N) is 1. The SMILES string of the molecule is CCNC(CCOc1c(C)cccc1[N+](=O)[O-])C(N)=O. The molecule has 0 heterocycles. The third kappa shape index (κ3) is 4.20. The van der Waals surface area contributed by atoms with Gasteiger partial charge in [0.15, 0.2) is 5.75 Å². The van der Waals surface area contributed by atoms with Crippen LogP contribution >= 0.6 is 0 Å². The minimum atomic E-state index is -0.497. The van der Waals surface area contributed by atoms with Crippen molar-refractivity contribution < 1.29 is 14.5 Å². The molecule has 110 valence electrons. The molecule has 1 aromatic rings. The lowest BCUT2D eigenvalue weighted by Crippen LogP contribution is -2.42. The van der Waals surface area contributed by atoms with Crippen LogP contribution in [-0.2, 0) is 4.79 Å². The van der Waals surface area contributed by atoms with Crippen LogP contribution in [0.1, 0.15) is 18.9 Å². The number of carbonyl (C=O) groups excluding carboxylic acids is 1. The van der Waals surface area contributed by atoms with E-state index in [0.717, 1.165) is 0 Å². The number of primary amides is 1. The fourth-order valence-corrected chi connectivity index (χ4v) is 1.84. The molecule has 3 N–H and O–H groups in total. The molecule has 0 saturated carbocycles. The monoisotopic (exact) mass is 281 g/mol. The van der Waals surface area contributed by atoms with Crippen molar-refractivity contribution in [3.05, 3.63) is 33.9 Å². The van der Waals surface area contributed by atoms with Crippen LogP contribution in [0.15, 0.2) is 18.2 Å². The number of carbonyl (C=O) groups is 1. The van der Waals surface area contributed by atoms with Gasteiger partial charge in [-0.05, 0) is 19.0 Å². The third-order valence-corrected chi connectivity index (χ3v) is 2.83. The first kappa shape index (κ1) is 15.9. The summed E-state index contributed by atoms with van der Waals surface area (Å²) in [5.41, 5.74) is 5.84. The predicted octanol–water partition coefficient (Wildman–Crippen LogP) is 1.14. The van der Waals surface area contributed by atoms with Crippen LogP contribution < -0.4 is 15.8 Å². The Morgan fingerprint density at radius 1 is 1.55 bits per heavy atom. The average molecular weight is 281 g/mol. The van der Waals surface area contributed by atoms with E-state index in [1.54, 1.807) is 19.1 Å². The van der Waals surface area contributed by atoms with E-state index in [-0.39, 0.29) is 18.0 Å². The fraction of sp³-hybridized carbons (Fsp3) is 0.462. The molecule has 7 nitrogen and oxygen atoms in total. The van der Waals surface area contributed by atoms with Gasteiger partial charge in [-0.25, -0.2) is 0 Å². The first-order valence-electron chi connectivity index (χ1n) is 6.36. The van der Waals surface area contributed by atoms with Crippen molar-refractivity contribution in [2.45, 2.75) is 26.3 Å². The van der Waals surface area contributed by atoms with Gasteiger partial charge in [-0.2, -0.15) is 0 Å². The zero-order valence-electron chi connectivity index (χ0n) is 11.6. The number of aryl methyl sites for hydroxylation is 1. The van der Waals surface area contributed by atoms with Gasteiger partial charge >= 0.3 is 5.69 Å². The Kier molecular flexibility index (Phi) is 5.92. The quantitative estimate of drug-likeness (QED) is 0.548. The van der Waals surface area contributed by atoms with Crippen molar-refractivity contribution in [3.8, 4) is 5.75 Å². The van der Waals surface area contributed by atoms with Crippen LogP contribution in [-0.4, -0.2) is 30.0 Å². The van der Waals surface area contributed by atoms with E-state index in [0.29, 0.717) is 18.5 Å². The van der Waals surface area contributed by atoms with E-state index in [1.807, 2.05) is 6.92 Å². The highest BCUT2D eigenvalue weighted by Crippen LogP contribution is 2.30. The minimum absolute atomic E-state index is 0.0796. The van der Waals surface area contributed by atoms with Gasteiger partial charge in [0.05, 0.1) is 17.6 Å². The van der Waals surface area contributed by atoms with Crippen LogP contribution in [0.3, 0.4) is 0 Å². The molecule has 0 radical (unpaired) electrons. The topological polar surface area (TPSA) is 107 Å². The van der Waals surface area contributed by atoms with Gasteiger partial charge in [0.2, 0.25) is 5.91 Å². The van der Waals surface area contributed by atoms with Crippen LogP contribution in [0, 0.1) is 17.0 Å². The Morgan fingerprint density at radius 3 is 2.80 bits per heavy atom. The highest BCUT2D eigenvalue weighted by molar-refractivity contribution is 5.79. The number of benzene rings is 1. The van der Waals surface area contributed by atoms with Gasteiger partial charge in [0, 0.05) is 12.5 Å². The minimum Gasteiger partial charge on any atom is -0.487 e. The number of nitro groups is 1. The summed E-state index contributed by atoms with van der Waals surface area (Å²) in [4.78, 5) is 21.6. The summed E-state index contributed by atoms with van der Waals surface area (Å²) in [6.07, 6.45) is 0.356. The Bertz CT molecular complexity index is 491. The van der Waals surface area contributed by atoms with E-state index in [2.05, 4.69) is 5.32 Å². The first-order chi connectivity index (χ1) is 9.47. The Morgan fingerprint density at radius 2 is 2.25 bits per heavy atom. The molecule has 1 atom stereocenters. The number of para-hydroxylation sites is 1. The molecule has 0 aliphatic heterocycles. The number of nitro benzene ring substituents is 1. The van der Waals surface area contributed by atoms with E-state index in [1.165, 1.54) is 6.07 Å². The molecule has 1 rings (SSSR count). The summed E-state index contributed by atoms with van der Waals surface area (Å²) in [7, 11) is 0. The number of likely N-dealkylation sites (N-methyl/N-ethyl adjacent to an activating group) is 1. The summed E-state index contributed by atoms with van der Waals surface area (Å²) in [5.74, 6) is -0.230. The Hall–Kier alpha value is -2.15. The second-order valence-electron chi connectivity index (χ2n) is 4.33. The molecular weight excluding hydrogens is 262 g/mol. The number of rotatable bonds is 8. The van der Waals surface area contributed by atoms with E-state index in [9.17, 15) is 14.9 Å². The number of hydrogen-bond donors (Lipinski definition) is 2. The zero-order chi connectivity index (χ0) is 15.1. The van der Waals surface area contributed by atoms with Gasteiger partial charge in [-0.1, -0.05) is 19.1 Å². The van der Waals surface area contributed by atoms with Crippen molar-refractivity contribution in [1.82, 2.24) is 5.32 Å². The second-order valence-corrected chi connectivity index (χ2v) is 4.33. The third-order valence-electron chi connectivity index (χ3n) is 2.83. The lowest BCUT2D eigenvalue weighted by atomic mass is 10.2. The second kappa shape index (κ2) is 7.44. The summed E-state index contributed by atoms with van der Waals surface area (Å²) in [6.45, 7) is 4.38. The van der Waals surface area contributed by atoms with Crippen molar-refractivity contribution in [2.24, 2.45) is 5.73 Å². The summed E-state index contributed by atoms with van der Waals surface area (Å²) in [6, 6.07) is 4.23. The number of ether oxygens (including phenoxy) is 1. The van der Waals surface area contributed by atoms with Gasteiger partial charge in [0.1, 0.15) is 0 Å². The van der Waals surface area contributed by atoms with Crippen LogP contribution in [0.25, 0.3) is 0 Å². The van der Waals surface area contributed by atoms with Crippen molar-refractivity contribution >= 4 is 11.6 Å². The maximum absolute atomic E-state index is 11.2. The summed E-state index contributed by atoms with van der Waals surface area (Å²) in [5, 5.41) is 13.9. The first-order valence-corrected chi connectivity index (χ1v) is 6.36. The predicted molar refractivity (Wildman–Crippen MR) is 74.6 cm³/mol. The van der Waals surface area contributed by atoms with Crippen molar-refractivity contribution in [3.63, 3.8) is 0 Å². The largest absolute Gasteiger partial charge is 0.487 e. The number of amides is 1. The van der Waals surface area contributed by atoms with E-state index < -0.39 is 16.9 Å². The standard InChI is InChI=1S/C13H19N3O4/c1-3-15-10(13(14)17)7-8-20-12-9(2)5-4-6-11(12)16(18)19/h4-6,10,15H,3,7-8H2,1-2H3,(H2,14,17). The maximum Gasteiger partial charge on any atom is 0.311 e. The van der Waals surface area contributed by atoms with Crippen molar-refractivity contribution in [1.29, 1.82) is 0 Å². The smallest absolute Gasteiger partial charge is 0.311 e. The van der Waals surface area contributed by atoms with Gasteiger partial charge in [-0.3, -0.25) is 14.9 Å². The van der Waals surface area contributed by atoms with Crippen LogP contribution in [0.5, 0.6) is 5.75 Å². The molecule has 0 bridgehead atoms. The summed E-state index contributed by atoms with van der Waals surface area (Å²) < 4.78 is 5.47. The van der Waals surface area contributed by atoms with Gasteiger partial charge < -0.3 is 15.8 Å². The lowest BCUT2D eigenvalue weighted by molar-refractivity contribution is -0.385. The van der Waals surface area contributed by atoms with Crippen molar-refractivity contribution in [2.75, 3.05) is 13.2 Å². The van der Waals surface area contributed by atoms with Gasteiger partial charge in [-0.15, -0.1) is 0 Å². The molecule has 0 fully saturated rings. The molecule has 0 aliphatic carbocycles. The molecule has 20 heavy (non-hydrogen) atoms. The lowest BCUT2D eigenvalue weighted by Gasteiger charge is -2.15. The van der Waals surface area contributed by atoms with E-state index in [4.69, 9.17) is 10.5 Å². The molecule has 7 heteroatoms. The molecular formula is C13H19N3O4. The molecule has 0 saturated heterocycles. The van der Waals surface area contributed by atoms with Gasteiger partial charge in [0.25, 0.3) is 0 Å². The Balaban J connectivity index is 2.70. The van der Waals surface area contributed by atoms with E-state index >= 15 is 0 Å². The molecule has 0 spiro atoms. The fourth-order valence-electron chi connectivity index (χ4n) is 1.84. The van der Waals surface area contributed by atoms with Crippen LogP contribution in [0.2, 0.25) is 0 Å². The highest BCUT2D eigenvalue weighted by atomic mass is 16.6. The number of nitrogens with zero attached hydrogens (tertiary/aromatic N) is 1. The summed E-state index contributed by atoms with van der Waals surface area (Å²) >= 11 is 0. The highest BCUT2D eigenvalue weighted by Gasteiger charge is 2.18. The molecule has 1 unspecified atom stereocenters. The maximum atomic E-state index is 11.2. The normalized spacial score (nSPS) is 11.9.